The zero-order chi connectivity index (χ0) is 21.0. The van der Waals surface area contributed by atoms with Crippen molar-refractivity contribution in [1.82, 2.24) is 4.57 Å². The Morgan fingerprint density at radius 1 is 0.867 bits per heavy atom. The molecule has 1 unspecified atom stereocenters. The average Bonchev–Trinajstić information content (AvgIpc) is 3.26. The van der Waals surface area contributed by atoms with Crippen molar-refractivity contribution >= 4 is 26.7 Å². The number of hydrogen-bond acceptors (Lipinski definition) is 2. The maximum absolute atomic E-state index is 13.7. The van der Waals surface area contributed by atoms with Crippen LogP contribution in [0.2, 0.25) is 0 Å². The molecule has 0 fully saturated rings. The topological polar surface area (TPSA) is 42.3 Å². The highest BCUT2D eigenvalue weighted by Gasteiger charge is 2.41. The quantitative estimate of drug-likeness (QED) is 0.464. The maximum atomic E-state index is 13.7. The van der Waals surface area contributed by atoms with Crippen LogP contribution in [-0.4, -0.2) is 19.5 Å². The third-order valence-electron chi connectivity index (χ3n) is 6.10. The van der Waals surface area contributed by atoms with Gasteiger partial charge >= 0.3 is 0 Å². The van der Waals surface area contributed by atoms with Crippen molar-refractivity contribution in [1.29, 1.82) is 0 Å². The lowest BCUT2D eigenvalue weighted by Crippen LogP contribution is -2.31. The molecule has 1 aromatic heterocycles. The van der Waals surface area contributed by atoms with Crippen LogP contribution in [0.5, 0.6) is 0 Å². The van der Waals surface area contributed by atoms with E-state index < -0.39 is 10.0 Å². The monoisotopic (exact) mass is 416 g/mol. The van der Waals surface area contributed by atoms with Crippen LogP contribution in [0.4, 0.5) is 5.82 Å². The largest absolute Gasteiger partial charge is 0.330 e. The van der Waals surface area contributed by atoms with Gasteiger partial charge in [-0.25, -0.2) is 8.42 Å². The second kappa shape index (κ2) is 6.74. The number of benzene rings is 3. The molecule has 0 amide bonds. The maximum Gasteiger partial charge on any atom is 0.265 e. The molecule has 1 aliphatic heterocycles. The van der Waals surface area contributed by atoms with E-state index in [2.05, 4.69) is 37.3 Å². The first kappa shape index (κ1) is 18.9. The normalized spacial score (nSPS) is 16.2. The summed E-state index contributed by atoms with van der Waals surface area (Å²) in [7, 11) is -1.72. The Morgan fingerprint density at radius 3 is 2.33 bits per heavy atom. The van der Waals surface area contributed by atoms with E-state index in [9.17, 15) is 8.42 Å². The predicted molar refractivity (Wildman–Crippen MR) is 122 cm³/mol. The summed E-state index contributed by atoms with van der Waals surface area (Å²) in [5, 5.41) is 1.11. The molecule has 2 heterocycles. The van der Waals surface area contributed by atoms with Crippen LogP contribution >= 0.6 is 0 Å². The Balaban J connectivity index is 1.75. The molecule has 4 nitrogen and oxygen atoms in total. The Kier molecular flexibility index (Phi) is 4.26. The van der Waals surface area contributed by atoms with Gasteiger partial charge in [-0.2, -0.15) is 0 Å². The average molecular weight is 417 g/mol. The molecule has 0 radical (unpaired) electrons. The van der Waals surface area contributed by atoms with E-state index in [0.29, 0.717) is 11.4 Å². The van der Waals surface area contributed by atoms with Gasteiger partial charge in [0, 0.05) is 36.0 Å². The summed E-state index contributed by atoms with van der Waals surface area (Å²) in [6.45, 7) is 4.44. The lowest BCUT2D eigenvalue weighted by molar-refractivity contribution is 0.590. The van der Waals surface area contributed by atoms with Crippen molar-refractivity contribution in [3.8, 4) is 0 Å². The number of aromatic nitrogens is 1. The Morgan fingerprint density at radius 2 is 1.60 bits per heavy atom. The van der Waals surface area contributed by atoms with Crippen LogP contribution in [0.1, 0.15) is 28.2 Å². The lowest BCUT2D eigenvalue weighted by Gasteiger charge is -2.22. The van der Waals surface area contributed by atoms with Gasteiger partial charge in [-0.15, -0.1) is 0 Å². The third kappa shape index (κ3) is 2.76. The van der Waals surface area contributed by atoms with Gasteiger partial charge in [0.25, 0.3) is 10.0 Å². The molecular weight excluding hydrogens is 392 g/mol. The Bertz CT molecular complexity index is 1370. The number of nitrogens with zero attached hydrogens (tertiary/aromatic N) is 2. The third-order valence-corrected chi connectivity index (χ3v) is 7.87. The summed E-state index contributed by atoms with van der Waals surface area (Å²) in [5.41, 5.74) is 5.50. The summed E-state index contributed by atoms with van der Waals surface area (Å²) in [6.07, 6.45) is 0. The number of hydrogen-bond donors (Lipinski definition) is 0. The highest BCUT2D eigenvalue weighted by molar-refractivity contribution is 7.92. The first-order valence-corrected chi connectivity index (χ1v) is 11.6. The van der Waals surface area contributed by atoms with Crippen LogP contribution in [0.3, 0.4) is 0 Å². The van der Waals surface area contributed by atoms with Gasteiger partial charge in [0.2, 0.25) is 0 Å². The van der Waals surface area contributed by atoms with Gasteiger partial charge in [0.1, 0.15) is 5.82 Å². The minimum Gasteiger partial charge on any atom is -0.330 e. The number of sulfonamides is 1. The van der Waals surface area contributed by atoms with Crippen LogP contribution in [0, 0.1) is 13.8 Å². The van der Waals surface area contributed by atoms with Crippen LogP contribution < -0.4 is 4.31 Å². The minimum atomic E-state index is -3.68. The standard InChI is InChI=1S/C25H24N2O2S/c1-17-11-13-20(14-12-17)30(28,29)27-16-22(19-8-6-7-18(2)15-19)24-21-9-4-5-10-23(21)26(3)25(24)27/h4-15,22H,16H2,1-3H3. The molecule has 1 atom stereocenters. The SMILES string of the molecule is Cc1ccc(S(=O)(=O)N2CC(c3cccc(C)c3)c3c2n(C)c2ccccc32)cc1. The van der Waals surface area contributed by atoms with Gasteiger partial charge in [-0.1, -0.05) is 65.7 Å². The van der Waals surface area contributed by atoms with E-state index in [4.69, 9.17) is 0 Å². The van der Waals surface area contributed by atoms with Crippen molar-refractivity contribution < 1.29 is 8.42 Å². The molecule has 4 aromatic rings. The Labute approximate surface area is 177 Å². The molecule has 0 saturated carbocycles. The zero-order valence-electron chi connectivity index (χ0n) is 17.3. The zero-order valence-corrected chi connectivity index (χ0v) is 18.1. The fourth-order valence-corrected chi connectivity index (χ4v) is 6.13. The molecule has 30 heavy (non-hydrogen) atoms. The fourth-order valence-electron chi connectivity index (χ4n) is 4.61. The van der Waals surface area contributed by atoms with E-state index >= 15 is 0 Å². The van der Waals surface area contributed by atoms with Gasteiger partial charge in [0.05, 0.1) is 4.90 Å². The molecular formula is C25H24N2O2S. The van der Waals surface area contributed by atoms with Gasteiger partial charge in [0.15, 0.2) is 0 Å². The first-order chi connectivity index (χ1) is 14.4. The van der Waals surface area contributed by atoms with Crippen molar-refractivity contribution in [2.75, 3.05) is 10.8 Å². The number of aryl methyl sites for hydroxylation is 3. The number of fused-ring (bicyclic) bond motifs is 3. The highest BCUT2D eigenvalue weighted by Crippen LogP contribution is 2.47. The van der Waals surface area contributed by atoms with Crippen molar-refractivity contribution in [2.45, 2.75) is 24.7 Å². The first-order valence-electron chi connectivity index (χ1n) is 10.1. The van der Waals surface area contributed by atoms with Gasteiger partial charge < -0.3 is 4.57 Å². The van der Waals surface area contributed by atoms with E-state index in [-0.39, 0.29) is 5.92 Å². The van der Waals surface area contributed by atoms with Gasteiger partial charge in [-0.05, 0) is 37.6 Å². The number of anilines is 1. The second-order valence-corrected chi connectivity index (χ2v) is 9.99. The smallest absolute Gasteiger partial charge is 0.265 e. The van der Waals surface area contributed by atoms with Crippen molar-refractivity contribution in [3.05, 3.63) is 95.1 Å². The van der Waals surface area contributed by atoms with E-state index in [0.717, 1.165) is 33.4 Å². The van der Waals surface area contributed by atoms with E-state index in [1.807, 2.05) is 48.9 Å². The Hall–Kier alpha value is -3.05. The number of para-hydroxylation sites is 1. The summed E-state index contributed by atoms with van der Waals surface area (Å²) in [5.74, 6) is 0.759. The van der Waals surface area contributed by atoms with Crippen LogP contribution in [0.25, 0.3) is 10.9 Å². The van der Waals surface area contributed by atoms with Crippen molar-refractivity contribution in [2.24, 2.45) is 7.05 Å². The second-order valence-electron chi connectivity index (χ2n) is 8.13. The highest BCUT2D eigenvalue weighted by atomic mass is 32.2. The van der Waals surface area contributed by atoms with Crippen LogP contribution in [0.15, 0.2) is 77.7 Å². The molecule has 5 heteroatoms. The van der Waals surface area contributed by atoms with E-state index in [1.165, 1.54) is 5.56 Å². The summed E-state index contributed by atoms with van der Waals surface area (Å²) >= 11 is 0. The molecule has 0 spiro atoms. The van der Waals surface area contributed by atoms with Crippen LogP contribution in [-0.2, 0) is 17.1 Å². The van der Waals surface area contributed by atoms with Gasteiger partial charge in [-0.3, -0.25) is 4.31 Å². The molecule has 0 aliphatic carbocycles. The molecule has 3 aromatic carbocycles. The molecule has 0 N–H and O–H groups in total. The molecule has 152 valence electrons. The number of rotatable bonds is 3. The minimum absolute atomic E-state index is 0.00813. The summed E-state index contributed by atoms with van der Waals surface area (Å²) < 4.78 is 31.0. The summed E-state index contributed by atoms with van der Waals surface area (Å²) in [6, 6.07) is 23.7. The molecule has 0 saturated heterocycles. The van der Waals surface area contributed by atoms with Crippen molar-refractivity contribution in [3.63, 3.8) is 0 Å². The molecule has 5 rings (SSSR count). The fraction of sp³-hybridized carbons (Fsp3) is 0.200. The molecule has 1 aliphatic rings. The lowest BCUT2D eigenvalue weighted by atomic mass is 9.92. The predicted octanol–water partition coefficient (Wildman–Crippen LogP) is 5.14. The molecule has 0 bridgehead atoms. The summed E-state index contributed by atoms with van der Waals surface area (Å²) in [4.78, 5) is 0.328. The van der Waals surface area contributed by atoms with E-state index in [1.54, 1.807) is 16.4 Å².